The highest BCUT2D eigenvalue weighted by molar-refractivity contribution is 5.97. The number of nitrogens with zero attached hydrogens (tertiary/aromatic N) is 3. The Morgan fingerprint density at radius 2 is 1.65 bits per heavy atom. The number of ether oxygens (including phenoxy) is 1. The summed E-state index contributed by atoms with van der Waals surface area (Å²) in [6.45, 7) is 4.93. The fraction of sp³-hybridized carbons (Fsp3) is 0.286. The van der Waals surface area contributed by atoms with E-state index in [4.69, 9.17) is 15.7 Å². The maximum absolute atomic E-state index is 13.0. The van der Waals surface area contributed by atoms with Crippen LogP contribution in [0.4, 0.5) is 5.69 Å². The van der Waals surface area contributed by atoms with Crippen molar-refractivity contribution in [1.82, 2.24) is 4.90 Å². The highest BCUT2D eigenvalue weighted by Gasteiger charge is 2.24. The molecular formula is C21H24N4O6. The molecule has 0 spiro atoms. The fourth-order valence-electron chi connectivity index (χ4n) is 2.70. The Kier molecular flexibility index (Phi) is 7.30. The van der Waals surface area contributed by atoms with Crippen LogP contribution in [0.15, 0.2) is 53.7 Å². The lowest BCUT2D eigenvalue weighted by Crippen LogP contribution is -2.38. The predicted molar refractivity (Wildman–Crippen MR) is 113 cm³/mol. The van der Waals surface area contributed by atoms with E-state index in [-0.39, 0.29) is 30.2 Å². The Hall–Kier alpha value is -3.95. The second-order valence-corrected chi connectivity index (χ2v) is 7.73. The molecule has 0 aliphatic rings. The maximum Gasteiger partial charge on any atom is 0.326 e. The number of amidine groups is 1. The highest BCUT2D eigenvalue weighted by Crippen LogP contribution is 2.17. The van der Waals surface area contributed by atoms with Crippen LogP contribution in [0.5, 0.6) is 0 Å². The molecule has 10 nitrogen and oxygen atoms in total. The summed E-state index contributed by atoms with van der Waals surface area (Å²) in [6.07, 6.45) is 0. The summed E-state index contributed by atoms with van der Waals surface area (Å²) >= 11 is 0. The van der Waals surface area contributed by atoms with Gasteiger partial charge < -0.3 is 20.6 Å². The largest absolute Gasteiger partial charge is 0.459 e. The van der Waals surface area contributed by atoms with Gasteiger partial charge >= 0.3 is 5.97 Å². The second-order valence-electron chi connectivity index (χ2n) is 7.73. The van der Waals surface area contributed by atoms with E-state index in [2.05, 4.69) is 5.16 Å². The summed E-state index contributed by atoms with van der Waals surface area (Å²) in [5.74, 6) is -1.13. The average molecular weight is 428 g/mol. The van der Waals surface area contributed by atoms with Gasteiger partial charge in [-0.15, -0.1) is 0 Å². The molecule has 0 unspecified atom stereocenters. The third-order valence-electron chi connectivity index (χ3n) is 4.08. The molecule has 10 heteroatoms. The zero-order valence-electron chi connectivity index (χ0n) is 17.4. The first-order valence-corrected chi connectivity index (χ1v) is 9.32. The Labute approximate surface area is 179 Å². The van der Waals surface area contributed by atoms with Gasteiger partial charge in [0.15, 0.2) is 5.84 Å². The van der Waals surface area contributed by atoms with Crippen LogP contribution in [0, 0.1) is 10.1 Å². The van der Waals surface area contributed by atoms with Gasteiger partial charge in [-0.25, -0.2) is 0 Å². The lowest BCUT2D eigenvalue weighted by molar-refractivity contribution is -0.384. The topological polar surface area (TPSA) is 148 Å². The van der Waals surface area contributed by atoms with Crippen LogP contribution < -0.4 is 5.73 Å². The summed E-state index contributed by atoms with van der Waals surface area (Å²) in [4.78, 5) is 37.0. The molecule has 0 atom stereocenters. The Morgan fingerprint density at radius 1 is 1.10 bits per heavy atom. The summed E-state index contributed by atoms with van der Waals surface area (Å²) in [6, 6.07) is 11.7. The highest BCUT2D eigenvalue weighted by atomic mass is 16.6. The predicted octanol–water partition coefficient (Wildman–Crippen LogP) is 2.67. The van der Waals surface area contributed by atoms with E-state index in [1.807, 2.05) is 0 Å². The first-order valence-electron chi connectivity index (χ1n) is 9.32. The number of amides is 1. The lowest BCUT2D eigenvalue weighted by atomic mass is 10.1. The minimum absolute atomic E-state index is 0.0564. The van der Waals surface area contributed by atoms with Crippen LogP contribution in [0.3, 0.4) is 0 Å². The number of hydrogen-bond acceptors (Lipinski definition) is 7. The number of oxime groups is 1. The molecule has 31 heavy (non-hydrogen) atoms. The molecule has 0 aliphatic heterocycles. The number of nitrogens with two attached hydrogens (primary N) is 1. The third kappa shape index (κ3) is 6.81. The van der Waals surface area contributed by atoms with Crippen LogP contribution >= 0.6 is 0 Å². The van der Waals surface area contributed by atoms with E-state index >= 15 is 0 Å². The monoisotopic (exact) mass is 428 g/mol. The van der Waals surface area contributed by atoms with E-state index in [0.29, 0.717) is 11.1 Å². The van der Waals surface area contributed by atoms with Crippen LogP contribution in [0.2, 0.25) is 0 Å². The normalized spacial score (nSPS) is 11.6. The third-order valence-corrected chi connectivity index (χ3v) is 4.08. The van der Waals surface area contributed by atoms with Gasteiger partial charge in [-0.3, -0.25) is 19.7 Å². The molecule has 0 saturated heterocycles. The number of rotatable bonds is 7. The summed E-state index contributed by atoms with van der Waals surface area (Å²) in [5, 5.41) is 22.5. The minimum Gasteiger partial charge on any atom is -0.459 e. The molecular weight excluding hydrogens is 404 g/mol. The van der Waals surface area contributed by atoms with E-state index in [0.717, 1.165) is 0 Å². The van der Waals surface area contributed by atoms with Gasteiger partial charge in [0.05, 0.1) is 4.92 Å². The van der Waals surface area contributed by atoms with Crippen molar-refractivity contribution in [2.45, 2.75) is 32.9 Å². The Morgan fingerprint density at radius 3 is 2.13 bits per heavy atom. The molecule has 2 aromatic carbocycles. The first-order chi connectivity index (χ1) is 14.5. The van der Waals surface area contributed by atoms with Gasteiger partial charge in [-0.05, 0) is 38.5 Å². The van der Waals surface area contributed by atoms with Crippen LogP contribution in [-0.4, -0.2) is 44.9 Å². The van der Waals surface area contributed by atoms with Crippen molar-refractivity contribution in [2.75, 3.05) is 6.54 Å². The molecule has 0 aliphatic carbocycles. The quantitative estimate of drug-likeness (QED) is 0.172. The number of nitro groups is 1. The molecule has 2 rings (SSSR count). The van der Waals surface area contributed by atoms with Crippen LogP contribution in [-0.2, 0) is 16.1 Å². The summed E-state index contributed by atoms with van der Waals surface area (Å²) in [7, 11) is 0. The first kappa shape index (κ1) is 23.3. The van der Waals surface area contributed by atoms with Crippen molar-refractivity contribution in [3.05, 3.63) is 75.3 Å². The number of carbonyl (C=O) groups is 2. The molecule has 3 N–H and O–H groups in total. The van der Waals surface area contributed by atoms with Crippen molar-refractivity contribution in [3.63, 3.8) is 0 Å². The van der Waals surface area contributed by atoms with E-state index in [9.17, 15) is 19.7 Å². The number of non-ortho nitro benzene ring substituents is 1. The van der Waals surface area contributed by atoms with Gasteiger partial charge in [0.25, 0.3) is 11.6 Å². The van der Waals surface area contributed by atoms with Crippen LogP contribution in [0.25, 0.3) is 0 Å². The minimum atomic E-state index is -0.720. The molecule has 2 aromatic rings. The van der Waals surface area contributed by atoms with Crippen molar-refractivity contribution >= 4 is 23.4 Å². The standard InChI is InChI=1S/C21H24N4O6/c1-21(2,3)31-18(26)13-24(12-14-4-6-15(7-5-14)19(22)23-28)20(27)16-8-10-17(11-9-16)25(29)30/h4-11,28H,12-13H2,1-3H3,(H2,22,23). The lowest BCUT2D eigenvalue weighted by Gasteiger charge is -2.25. The molecule has 0 aromatic heterocycles. The van der Waals surface area contributed by atoms with E-state index in [1.54, 1.807) is 45.0 Å². The van der Waals surface area contributed by atoms with Crippen molar-refractivity contribution in [2.24, 2.45) is 10.9 Å². The maximum atomic E-state index is 13.0. The number of carbonyl (C=O) groups excluding carboxylic acids is 2. The number of benzene rings is 2. The molecule has 0 bridgehead atoms. The Balaban J connectivity index is 2.27. The van der Waals surface area contributed by atoms with Gasteiger partial charge in [0.2, 0.25) is 0 Å². The zero-order chi connectivity index (χ0) is 23.2. The second kappa shape index (κ2) is 9.70. The van der Waals surface area contributed by atoms with Crippen molar-refractivity contribution in [1.29, 1.82) is 0 Å². The van der Waals surface area contributed by atoms with Gasteiger partial charge in [-0.1, -0.05) is 29.4 Å². The molecule has 0 radical (unpaired) electrons. The fourth-order valence-corrected chi connectivity index (χ4v) is 2.70. The van der Waals surface area contributed by atoms with Gasteiger partial charge in [0.1, 0.15) is 12.1 Å². The Bertz CT molecular complexity index is 978. The van der Waals surface area contributed by atoms with Gasteiger partial charge in [-0.2, -0.15) is 0 Å². The smallest absolute Gasteiger partial charge is 0.326 e. The summed E-state index contributed by atoms with van der Waals surface area (Å²) in [5.41, 5.74) is 6.07. The zero-order valence-corrected chi connectivity index (χ0v) is 17.4. The molecule has 0 fully saturated rings. The molecule has 0 saturated carbocycles. The summed E-state index contributed by atoms with van der Waals surface area (Å²) < 4.78 is 5.33. The van der Waals surface area contributed by atoms with Crippen LogP contribution in [0.1, 0.15) is 42.3 Å². The molecule has 0 heterocycles. The number of esters is 1. The van der Waals surface area contributed by atoms with E-state index in [1.165, 1.54) is 29.2 Å². The van der Waals surface area contributed by atoms with Crippen molar-refractivity contribution in [3.8, 4) is 0 Å². The average Bonchev–Trinajstić information content (AvgIpc) is 2.71. The number of hydrogen-bond donors (Lipinski definition) is 2. The SMILES string of the molecule is CC(C)(C)OC(=O)CN(Cc1ccc(C(N)=NO)cc1)C(=O)c1ccc([N+](=O)[O-])cc1. The number of nitro benzene ring substituents is 1. The molecule has 1 amide bonds. The van der Waals surface area contributed by atoms with E-state index < -0.39 is 22.4 Å². The van der Waals surface area contributed by atoms with Crippen molar-refractivity contribution < 1.29 is 24.5 Å². The molecule has 164 valence electrons. The van der Waals surface area contributed by atoms with Gasteiger partial charge in [0, 0.05) is 29.8 Å².